The minimum absolute atomic E-state index is 0.115. The summed E-state index contributed by atoms with van der Waals surface area (Å²) in [6.07, 6.45) is 4.45. The van der Waals surface area contributed by atoms with E-state index in [1.807, 2.05) is 0 Å². The minimum Gasteiger partial charge on any atom is -0.393 e. The summed E-state index contributed by atoms with van der Waals surface area (Å²) in [5, 5.41) is 18.8. The van der Waals surface area contributed by atoms with Gasteiger partial charge in [-0.2, -0.15) is 0 Å². The smallest absolute Gasteiger partial charge is 0.0598 e. The molecular weight excluding hydrogens is 128 g/mol. The van der Waals surface area contributed by atoms with E-state index in [1.54, 1.807) is 0 Å². The second-order valence-corrected chi connectivity index (χ2v) is 3.81. The van der Waals surface area contributed by atoms with Gasteiger partial charge in [-0.15, -0.1) is 0 Å². The van der Waals surface area contributed by atoms with Crippen LogP contribution in [-0.2, 0) is 0 Å². The number of aliphatic hydroxyl groups excluding tert-OH is 2. The first-order valence-corrected chi connectivity index (χ1v) is 4.09. The highest BCUT2D eigenvalue weighted by Gasteiger charge is 2.51. The molecule has 0 radical (unpaired) electrons. The van der Waals surface area contributed by atoms with Crippen molar-refractivity contribution in [1.29, 1.82) is 0 Å². The first-order chi connectivity index (χ1) is 4.73. The standard InChI is InChI=1S/C8H14O2/c9-6-1-2-7(10)8(5-6)3-4-8/h6-7,9-10H,1-5H2. The predicted octanol–water partition coefficient (Wildman–Crippen LogP) is 0.672. The molecule has 0 amide bonds. The van der Waals surface area contributed by atoms with E-state index in [9.17, 15) is 10.2 Å². The van der Waals surface area contributed by atoms with Gasteiger partial charge in [0.1, 0.15) is 0 Å². The van der Waals surface area contributed by atoms with Crippen LogP contribution in [0.25, 0.3) is 0 Å². The molecule has 58 valence electrons. The molecule has 0 aromatic heterocycles. The average molecular weight is 142 g/mol. The zero-order valence-electron chi connectivity index (χ0n) is 6.08. The van der Waals surface area contributed by atoms with Gasteiger partial charge in [0.15, 0.2) is 0 Å². The normalized spacial score (nSPS) is 43.8. The highest BCUT2D eigenvalue weighted by atomic mass is 16.3. The van der Waals surface area contributed by atoms with Crippen LogP contribution in [0.1, 0.15) is 32.1 Å². The lowest BCUT2D eigenvalue weighted by atomic mass is 9.82. The topological polar surface area (TPSA) is 40.5 Å². The van der Waals surface area contributed by atoms with E-state index in [0.717, 1.165) is 32.1 Å². The van der Waals surface area contributed by atoms with Crippen LogP contribution in [-0.4, -0.2) is 22.4 Å². The van der Waals surface area contributed by atoms with Crippen LogP contribution in [0.15, 0.2) is 0 Å². The third-order valence-corrected chi connectivity index (χ3v) is 3.01. The van der Waals surface area contributed by atoms with Crippen molar-refractivity contribution in [2.75, 3.05) is 0 Å². The Morgan fingerprint density at radius 1 is 1.10 bits per heavy atom. The molecule has 0 aliphatic heterocycles. The molecular formula is C8H14O2. The van der Waals surface area contributed by atoms with Crippen molar-refractivity contribution in [3.63, 3.8) is 0 Å². The highest BCUT2D eigenvalue weighted by Crippen LogP contribution is 2.56. The second-order valence-electron chi connectivity index (χ2n) is 3.81. The first kappa shape index (κ1) is 6.62. The number of aliphatic hydroxyl groups is 2. The van der Waals surface area contributed by atoms with Crippen LogP contribution in [0.5, 0.6) is 0 Å². The van der Waals surface area contributed by atoms with Gasteiger partial charge in [0.25, 0.3) is 0 Å². The summed E-state index contributed by atoms with van der Waals surface area (Å²) in [7, 11) is 0. The van der Waals surface area contributed by atoms with E-state index in [0.29, 0.717) is 0 Å². The second kappa shape index (κ2) is 1.95. The Balaban J connectivity index is 2.03. The van der Waals surface area contributed by atoms with E-state index in [-0.39, 0.29) is 17.6 Å². The van der Waals surface area contributed by atoms with Crippen molar-refractivity contribution in [2.24, 2.45) is 5.41 Å². The summed E-state index contributed by atoms with van der Waals surface area (Å²) in [6, 6.07) is 0. The Morgan fingerprint density at radius 2 is 1.80 bits per heavy atom. The van der Waals surface area contributed by atoms with E-state index >= 15 is 0 Å². The van der Waals surface area contributed by atoms with Gasteiger partial charge in [0.2, 0.25) is 0 Å². The fraction of sp³-hybridized carbons (Fsp3) is 1.00. The maximum Gasteiger partial charge on any atom is 0.0598 e. The molecule has 10 heavy (non-hydrogen) atoms. The quantitative estimate of drug-likeness (QED) is 0.522. The molecule has 2 rings (SSSR count). The van der Waals surface area contributed by atoms with Gasteiger partial charge in [0.05, 0.1) is 12.2 Å². The molecule has 1 spiro atoms. The van der Waals surface area contributed by atoms with Gasteiger partial charge in [-0.25, -0.2) is 0 Å². The molecule has 2 N–H and O–H groups in total. The Hall–Kier alpha value is -0.0800. The van der Waals surface area contributed by atoms with Crippen molar-refractivity contribution >= 4 is 0 Å². The third-order valence-electron chi connectivity index (χ3n) is 3.01. The summed E-state index contributed by atoms with van der Waals surface area (Å²) >= 11 is 0. The lowest BCUT2D eigenvalue weighted by Crippen LogP contribution is -2.32. The van der Waals surface area contributed by atoms with Crippen molar-refractivity contribution in [3.8, 4) is 0 Å². The molecule has 2 saturated carbocycles. The molecule has 2 heteroatoms. The van der Waals surface area contributed by atoms with E-state index in [1.165, 1.54) is 0 Å². The first-order valence-electron chi connectivity index (χ1n) is 4.09. The third kappa shape index (κ3) is 0.867. The van der Waals surface area contributed by atoms with Crippen molar-refractivity contribution in [2.45, 2.75) is 44.3 Å². The SMILES string of the molecule is OC1CCC(O)C2(CC2)C1. The summed E-state index contributed by atoms with van der Waals surface area (Å²) < 4.78 is 0. The number of hydrogen-bond acceptors (Lipinski definition) is 2. The lowest BCUT2D eigenvalue weighted by Gasteiger charge is -2.30. The Kier molecular flexibility index (Phi) is 1.29. The van der Waals surface area contributed by atoms with E-state index in [4.69, 9.17) is 0 Å². The summed E-state index contributed by atoms with van der Waals surface area (Å²) in [5.74, 6) is 0. The fourth-order valence-electron chi connectivity index (χ4n) is 2.06. The van der Waals surface area contributed by atoms with Crippen molar-refractivity contribution in [1.82, 2.24) is 0 Å². The van der Waals surface area contributed by atoms with Gasteiger partial charge in [-0.3, -0.25) is 0 Å². The van der Waals surface area contributed by atoms with Crippen LogP contribution in [0, 0.1) is 5.41 Å². The molecule has 2 aliphatic rings. The maximum absolute atomic E-state index is 9.51. The molecule has 2 unspecified atom stereocenters. The minimum atomic E-state index is -0.133. The molecule has 2 nitrogen and oxygen atoms in total. The zero-order valence-corrected chi connectivity index (χ0v) is 6.08. The van der Waals surface area contributed by atoms with Gasteiger partial charge in [-0.05, 0) is 37.5 Å². The van der Waals surface area contributed by atoms with Crippen molar-refractivity contribution in [3.05, 3.63) is 0 Å². The zero-order chi connectivity index (χ0) is 7.19. The molecule has 0 heterocycles. The number of hydrogen-bond donors (Lipinski definition) is 2. The molecule has 2 fully saturated rings. The van der Waals surface area contributed by atoms with Crippen molar-refractivity contribution < 1.29 is 10.2 Å². The predicted molar refractivity (Wildman–Crippen MR) is 37.5 cm³/mol. The molecule has 0 bridgehead atoms. The summed E-state index contributed by atoms with van der Waals surface area (Å²) in [6.45, 7) is 0. The Bertz CT molecular complexity index is 140. The van der Waals surface area contributed by atoms with Crippen LogP contribution < -0.4 is 0 Å². The molecule has 0 aromatic rings. The Morgan fingerprint density at radius 3 is 2.30 bits per heavy atom. The lowest BCUT2D eigenvalue weighted by molar-refractivity contribution is -0.00596. The molecule has 2 atom stereocenters. The van der Waals surface area contributed by atoms with Gasteiger partial charge in [0, 0.05) is 0 Å². The molecule has 2 aliphatic carbocycles. The van der Waals surface area contributed by atoms with E-state index < -0.39 is 0 Å². The van der Waals surface area contributed by atoms with Gasteiger partial charge in [-0.1, -0.05) is 0 Å². The summed E-state index contributed by atoms with van der Waals surface area (Å²) in [5.41, 5.74) is 0.164. The Labute approximate surface area is 60.9 Å². The van der Waals surface area contributed by atoms with Crippen LogP contribution in [0.3, 0.4) is 0 Å². The van der Waals surface area contributed by atoms with E-state index in [2.05, 4.69) is 0 Å². The van der Waals surface area contributed by atoms with Gasteiger partial charge < -0.3 is 10.2 Å². The van der Waals surface area contributed by atoms with Crippen LogP contribution in [0.2, 0.25) is 0 Å². The van der Waals surface area contributed by atoms with Crippen LogP contribution in [0.4, 0.5) is 0 Å². The summed E-state index contributed by atoms with van der Waals surface area (Å²) in [4.78, 5) is 0. The highest BCUT2D eigenvalue weighted by molar-refractivity contribution is 5.02. The van der Waals surface area contributed by atoms with Gasteiger partial charge >= 0.3 is 0 Å². The fourth-order valence-corrected chi connectivity index (χ4v) is 2.06. The average Bonchev–Trinajstić information content (AvgIpc) is 2.62. The van der Waals surface area contributed by atoms with Crippen LogP contribution >= 0.6 is 0 Å². The molecule has 0 aromatic carbocycles. The number of rotatable bonds is 0. The molecule has 0 saturated heterocycles. The largest absolute Gasteiger partial charge is 0.393 e. The maximum atomic E-state index is 9.51. The monoisotopic (exact) mass is 142 g/mol.